The maximum Gasteiger partial charge on any atom is 0.0965 e. The molecule has 19 heavy (non-hydrogen) atoms. The second kappa shape index (κ2) is 4.89. The van der Waals surface area contributed by atoms with E-state index < -0.39 is 0 Å². The Morgan fingerprint density at radius 3 is 2.37 bits per heavy atom. The summed E-state index contributed by atoms with van der Waals surface area (Å²) in [5.74, 6) is 2.97. The summed E-state index contributed by atoms with van der Waals surface area (Å²) in [6.45, 7) is 8.46. The number of nitrogens with zero attached hydrogens (tertiary/aromatic N) is 3. The molecule has 2 saturated carbocycles. The van der Waals surface area contributed by atoms with Crippen molar-refractivity contribution in [3.8, 4) is 0 Å². The molecule has 0 amide bonds. The van der Waals surface area contributed by atoms with Crippen LogP contribution in [0.3, 0.4) is 0 Å². The van der Waals surface area contributed by atoms with Crippen LogP contribution in [0.2, 0.25) is 0 Å². The van der Waals surface area contributed by atoms with E-state index in [4.69, 9.17) is 0 Å². The summed E-state index contributed by atoms with van der Waals surface area (Å²) in [4.78, 5) is 0. The van der Waals surface area contributed by atoms with Crippen LogP contribution in [0.4, 0.5) is 0 Å². The summed E-state index contributed by atoms with van der Waals surface area (Å²) in [7, 11) is 0. The van der Waals surface area contributed by atoms with Gasteiger partial charge in [-0.1, -0.05) is 5.21 Å². The van der Waals surface area contributed by atoms with Gasteiger partial charge in [-0.3, -0.25) is 0 Å². The fourth-order valence-electron chi connectivity index (χ4n) is 2.84. The van der Waals surface area contributed by atoms with Crippen molar-refractivity contribution in [3.63, 3.8) is 0 Å². The van der Waals surface area contributed by atoms with Crippen molar-refractivity contribution in [1.82, 2.24) is 20.3 Å². The molecule has 1 N–H and O–H groups in total. The molecule has 2 aliphatic carbocycles. The van der Waals surface area contributed by atoms with Crippen LogP contribution in [-0.4, -0.2) is 21.5 Å². The molecule has 3 rings (SSSR count). The molecule has 0 spiro atoms. The third kappa shape index (κ3) is 3.35. The second-order valence-electron chi connectivity index (χ2n) is 7.29. The lowest BCUT2D eigenvalue weighted by Crippen LogP contribution is -2.25. The van der Waals surface area contributed by atoms with E-state index in [1.807, 2.05) is 4.68 Å². The zero-order chi connectivity index (χ0) is 13.5. The third-order valence-electron chi connectivity index (χ3n) is 4.37. The van der Waals surface area contributed by atoms with Gasteiger partial charge in [-0.15, -0.1) is 5.10 Å². The predicted molar refractivity (Wildman–Crippen MR) is 75.7 cm³/mol. The number of hydrogen-bond donors (Lipinski definition) is 1. The molecule has 0 aromatic carbocycles. The first-order valence-electron chi connectivity index (χ1n) is 7.66. The molecule has 1 aromatic rings. The van der Waals surface area contributed by atoms with Crippen molar-refractivity contribution >= 4 is 0 Å². The zero-order valence-electron chi connectivity index (χ0n) is 12.4. The lowest BCUT2D eigenvalue weighted by atomic mass is 9.98. The first-order valence-corrected chi connectivity index (χ1v) is 7.66. The Bertz CT molecular complexity index is 412. The highest BCUT2D eigenvalue weighted by Crippen LogP contribution is 2.48. The smallest absolute Gasteiger partial charge is 0.0965 e. The molecular weight excluding hydrogens is 236 g/mol. The van der Waals surface area contributed by atoms with Gasteiger partial charge in [0.05, 0.1) is 17.4 Å². The van der Waals surface area contributed by atoms with Crippen LogP contribution in [0.5, 0.6) is 0 Å². The maximum absolute atomic E-state index is 4.25. The standard InChI is InChI=1S/C15H26N4/c1-15(2,3)19-10-13(17-18-19)8-16-9-14(11-4-5-11)12-6-7-12/h10-12,14,16H,4-9H2,1-3H3. The highest BCUT2D eigenvalue weighted by Gasteiger charge is 2.40. The second-order valence-corrected chi connectivity index (χ2v) is 7.29. The Hall–Kier alpha value is -0.900. The van der Waals surface area contributed by atoms with Crippen LogP contribution in [-0.2, 0) is 12.1 Å². The minimum atomic E-state index is 0.0236. The average Bonchev–Trinajstić information content (AvgIpc) is 3.24. The number of hydrogen-bond acceptors (Lipinski definition) is 3. The molecule has 106 valence electrons. The molecule has 1 heterocycles. The highest BCUT2D eigenvalue weighted by atomic mass is 15.4. The molecule has 1 aromatic heterocycles. The van der Waals surface area contributed by atoms with Gasteiger partial charge >= 0.3 is 0 Å². The number of nitrogens with one attached hydrogen (secondary N) is 1. The summed E-state index contributed by atoms with van der Waals surface area (Å²) >= 11 is 0. The van der Waals surface area contributed by atoms with E-state index in [1.165, 1.54) is 25.7 Å². The molecule has 0 atom stereocenters. The quantitative estimate of drug-likeness (QED) is 0.857. The number of rotatable bonds is 6. The Balaban J connectivity index is 1.47. The van der Waals surface area contributed by atoms with Crippen LogP contribution >= 0.6 is 0 Å². The van der Waals surface area contributed by atoms with Crippen LogP contribution in [0.1, 0.15) is 52.1 Å². The Labute approximate surface area is 116 Å². The lowest BCUT2D eigenvalue weighted by molar-refractivity contribution is 0.346. The van der Waals surface area contributed by atoms with Gasteiger partial charge in [0.1, 0.15) is 0 Å². The highest BCUT2D eigenvalue weighted by molar-refractivity contribution is 4.96. The van der Waals surface area contributed by atoms with Gasteiger partial charge in [-0.05, 0) is 70.8 Å². The van der Waals surface area contributed by atoms with Gasteiger partial charge in [0.15, 0.2) is 0 Å². The molecule has 0 aliphatic heterocycles. The monoisotopic (exact) mass is 262 g/mol. The van der Waals surface area contributed by atoms with Gasteiger partial charge in [-0.25, -0.2) is 4.68 Å². The SMILES string of the molecule is CC(C)(C)n1cc(CNCC(C2CC2)C2CC2)nn1. The van der Waals surface area contributed by atoms with E-state index in [2.05, 4.69) is 42.6 Å². The number of aromatic nitrogens is 3. The van der Waals surface area contributed by atoms with Gasteiger partial charge < -0.3 is 5.32 Å². The molecule has 0 unspecified atom stereocenters. The van der Waals surface area contributed by atoms with E-state index in [9.17, 15) is 0 Å². The largest absolute Gasteiger partial charge is 0.311 e. The summed E-state index contributed by atoms with van der Waals surface area (Å²) < 4.78 is 1.95. The van der Waals surface area contributed by atoms with Crippen molar-refractivity contribution in [2.75, 3.05) is 6.54 Å². The molecule has 4 heteroatoms. The minimum absolute atomic E-state index is 0.0236. The molecule has 2 aliphatic rings. The predicted octanol–water partition coefficient (Wildman–Crippen LogP) is 2.56. The summed E-state index contributed by atoms with van der Waals surface area (Å²) in [5.41, 5.74) is 1.08. The Morgan fingerprint density at radius 2 is 1.89 bits per heavy atom. The minimum Gasteiger partial charge on any atom is -0.311 e. The Kier molecular flexibility index (Phi) is 3.37. The van der Waals surface area contributed by atoms with E-state index in [-0.39, 0.29) is 5.54 Å². The van der Waals surface area contributed by atoms with E-state index in [1.54, 1.807) is 0 Å². The van der Waals surface area contributed by atoms with Crippen LogP contribution in [0, 0.1) is 17.8 Å². The normalized spacial score (nSPS) is 20.2. The van der Waals surface area contributed by atoms with E-state index in [0.29, 0.717) is 0 Å². The topological polar surface area (TPSA) is 42.7 Å². The molecule has 0 bridgehead atoms. The maximum atomic E-state index is 4.25. The molecule has 0 radical (unpaired) electrons. The molecule has 2 fully saturated rings. The van der Waals surface area contributed by atoms with Crippen molar-refractivity contribution in [3.05, 3.63) is 11.9 Å². The van der Waals surface area contributed by atoms with Crippen molar-refractivity contribution in [2.45, 2.75) is 58.5 Å². The third-order valence-corrected chi connectivity index (χ3v) is 4.37. The fraction of sp³-hybridized carbons (Fsp3) is 0.867. The molecule has 0 saturated heterocycles. The van der Waals surface area contributed by atoms with E-state index in [0.717, 1.165) is 36.5 Å². The van der Waals surface area contributed by atoms with Gasteiger partial charge in [0, 0.05) is 6.54 Å². The van der Waals surface area contributed by atoms with Gasteiger partial charge in [0.2, 0.25) is 0 Å². The van der Waals surface area contributed by atoms with E-state index >= 15 is 0 Å². The van der Waals surface area contributed by atoms with Crippen LogP contribution in [0.25, 0.3) is 0 Å². The lowest BCUT2D eigenvalue weighted by Gasteiger charge is -2.17. The average molecular weight is 262 g/mol. The van der Waals surface area contributed by atoms with Crippen molar-refractivity contribution in [2.24, 2.45) is 17.8 Å². The van der Waals surface area contributed by atoms with Crippen LogP contribution in [0.15, 0.2) is 6.20 Å². The van der Waals surface area contributed by atoms with Crippen LogP contribution < -0.4 is 5.32 Å². The molecular formula is C15H26N4. The fourth-order valence-corrected chi connectivity index (χ4v) is 2.84. The van der Waals surface area contributed by atoms with Gasteiger partial charge in [-0.2, -0.15) is 0 Å². The zero-order valence-corrected chi connectivity index (χ0v) is 12.4. The Morgan fingerprint density at radius 1 is 1.26 bits per heavy atom. The molecule has 4 nitrogen and oxygen atoms in total. The summed E-state index contributed by atoms with van der Waals surface area (Å²) in [6.07, 6.45) is 7.91. The summed E-state index contributed by atoms with van der Waals surface area (Å²) in [6, 6.07) is 0. The van der Waals surface area contributed by atoms with Crippen molar-refractivity contribution < 1.29 is 0 Å². The first kappa shape index (κ1) is 13.1. The van der Waals surface area contributed by atoms with Gasteiger partial charge in [0.25, 0.3) is 0 Å². The summed E-state index contributed by atoms with van der Waals surface area (Å²) in [5, 5.41) is 12.1. The first-order chi connectivity index (χ1) is 9.04. The van der Waals surface area contributed by atoms with Crippen molar-refractivity contribution in [1.29, 1.82) is 0 Å².